The van der Waals surface area contributed by atoms with Gasteiger partial charge in [-0.2, -0.15) is 0 Å². The van der Waals surface area contributed by atoms with E-state index in [-0.39, 0.29) is 0 Å². The Kier molecular flexibility index (Phi) is 3.60. The van der Waals surface area contributed by atoms with E-state index in [0.29, 0.717) is 0 Å². The van der Waals surface area contributed by atoms with Crippen molar-refractivity contribution in [2.24, 2.45) is 5.73 Å². The van der Waals surface area contributed by atoms with Gasteiger partial charge in [0.2, 0.25) is 0 Å². The molecular weight excluding hydrogens is 154 g/mol. The summed E-state index contributed by atoms with van der Waals surface area (Å²) < 4.78 is 0. The van der Waals surface area contributed by atoms with Crippen LogP contribution in [0.2, 0.25) is 0 Å². The molecule has 2 heteroatoms. The van der Waals surface area contributed by atoms with Crippen LogP contribution in [0.15, 0.2) is 12.1 Å². The van der Waals surface area contributed by atoms with Gasteiger partial charge in [0.05, 0.1) is 0 Å². The Morgan fingerprint density at radius 3 is 2.73 bits per heavy atom. The molecule has 2 N–H and O–H groups in total. The van der Waals surface area contributed by atoms with Gasteiger partial charge < -0.3 is 5.73 Å². The van der Waals surface area contributed by atoms with Crippen molar-refractivity contribution in [2.45, 2.75) is 26.2 Å². The van der Waals surface area contributed by atoms with Crippen LogP contribution in [-0.4, -0.2) is 6.54 Å². The number of rotatable bonds is 4. The highest BCUT2D eigenvalue weighted by Gasteiger charge is 1.95. The maximum Gasteiger partial charge on any atom is 0.00480 e. The lowest BCUT2D eigenvalue weighted by Crippen LogP contribution is -1.98. The minimum atomic E-state index is 0.824. The second-order valence-electron chi connectivity index (χ2n) is 2.76. The Morgan fingerprint density at radius 2 is 2.18 bits per heavy atom. The molecule has 0 saturated heterocycles. The zero-order chi connectivity index (χ0) is 8.10. The average molecular weight is 169 g/mol. The molecule has 0 unspecified atom stereocenters. The molecule has 0 saturated carbocycles. The van der Waals surface area contributed by atoms with Crippen LogP contribution in [0.25, 0.3) is 0 Å². The second kappa shape index (κ2) is 4.52. The van der Waals surface area contributed by atoms with Gasteiger partial charge in [-0.1, -0.05) is 0 Å². The smallest absolute Gasteiger partial charge is 0.00480 e. The zero-order valence-corrected chi connectivity index (χ0v) is 7.79. The molecule has 0 aliphatic rings. The normalized spacial score (nSPS) is 10.4. The lowest BCUT2D eigenvalue weighted by Gasteiger charge is -1.94. The molecule has 0 bridgehead atoms. The van der Waals surface area contributed by atoms with Crippen LogP contribution >= 0.6 is 11.3 Å². The summed E-state index contributed by atoms with van der Waals surface area (Å²) >= 11 is 1.90. The molecule has 0 aliphatic heterocycles. The number of thiophene rings is 1. The first-order valence-electron chi connectivity index (χ1n) is 4.08. The van der Waals surface area contributed by atoms with E-state index in [2.05, 4.69) is 19.1 Å². The van der Waals surface area contributed by atoms with Crippen LogP contribution in [0.5, 0.6) is 0 Å². The van der Waals surface area contributed by atoms with Crippen molar-refractivity contribution in [3.05, 3.63) is 21.9 Å². The van der Waals surface area contributed by atoms with Crippen LogP contribution in [0.4, 0.5) is 0 Å². The Labute approximate surface area is 72.2 Å². The van der Waals surface area contributed by atoms with E-state index in [1.807, 2.05) is 11.3 Å². The number of hydrogen-bond donors (Lipinski definition) is 1. The maximum atomic E-state index is 5.40. The summed E-state index contributed by atoms with van der Waals surface area (Å²) in [7, 11) is 0. The summed E-state index contributed by atoms with van der Waals surface area (Å²) in [6.07, 6.45) is 3.59. The molecule has 1 nitrogen and oxygen atoms in total. The van der Waals surface area contributed by atoms with Crippen molar-refractivity contribution in [3.63, 3.8) is 0 Å². The minimum Gasteiger partial charge on any atom is -0.330 e. The Hall–Kier alpha value is -0.340. The molecule has 0 aromatic carbocycles. The van der Waals surface area contributed by atoms with Crippen LogP contribution in [0.1, 0.15) is 22.6 Å². The third-order valence-corrected chi connectivity index (χ3v) is 2.73. The van der Waals surface area contributed by atoms with E-state index in [9.17, 15) is 0 Å². The molecule has 0 radical (unpaired) electrons. The fourth-order valence-electron chi connectivity index (χ4n) is 1.06. The summed E-state index contributed by atoms with van der Waals surface area (Å²) in [5.41, 5.74) is 5.40. The topological polar surface area (TPSA) is 26.0 Å². The number of nitrogens with two attached hydrogens (primary N) is 1. The molecule has 0 aliphatic carbocycles. The van der Waals surface area contributed by atoms with Crippen molar-refractivity contribution in [2.75, 3.05) is 6.54 Å². The molecule has 0 fully saturated rings. The highest BCUT2D eigenvalue weighted by molar-refractivity contribution is 7.11. The third-order valence-electron chi connectivity index (χ3n) is 1.67. The van der Waals surface area contributed by atoms with Gasteiger partial charge in [-0.05, 0) is 44.9 Å². The summed E-state index contributed by atoms with van der Waals surface area (Å²) in [5, 5.41) is 0. The van der Waals surface area contributed by atoms with Gasteiger partial charge in [-0.15, -0.1) is 11.3 Å². The minimum absolute atomic E-state index is 0.824. The predicted octanol–water partition coefficient (Wildman–Crippen LogP) is 2.34. The first-order valence-corrected chi connectivity index (χ1v) is 4.90. The van der Waals surface area contributed by atoms with Crippen molar-refractivity contribution in [1.29, 1.82) is 0 Å². The number of aryl methyl sites for hydroxylation is 2. The van der Waals surface area contributed by atoms with Crippen molar-refractivity contribution in [3.8, 4) is 0 Å². The number of unbranched alkanes of at least 4 members (excludes halogenated alkanes) is 1. The first-order chi connectivity index (χ1) is 5.33. The Balaban J connectivity index is 2.27. The zero-order valence-electron chi connectivity index (χ0n) is 6.97. The van der Waals surface area contributed by atoms with Gasteiger partial charge in [0.1, 0.15) is 0 Å². The largest absolute Gasteiger partial charge is 0.330 e. The van der Waals surface area contributed by atoms with Crippen LogP contribution < -0.4 is 5.73 Å². The Bertz CT molecular complexity index is 205. The summed E-state index contributed by atoms with van der Waals surface area (Å²) in [6.45, 7) is 2.97. The summed E-state index contributed by atoms with van der Waals surface area (Å²) in [6, 6.07) is 4.40. The van der Waals surface area contributed by atoms with Gasteiger partial charge in [0.25, 0.3) is 0 Å². The fraction of sp³-hybridized carbons (Fsp3) is 0.556. The van der Waals surface area contributed by atoms with E-state index in [4.69, 9.17) is 5.73 Å². The quantitative estimate of drug-likeness (QED) is 0.688. The lowest BCUT2D eigenvalue weighted by atomic mass is 10.2. The molecule has 1 rings (SSSR count). The van der Waals surface area contributed by atoms with Crippen LogP contribution in [0.3, 0.4) is 0 Å². The van der Waals surface area contributed by atoms with Gasteiger partial charge in [-0.25, -0.2) is 0 Å². The molecule has 1 aromatic heterocycles. The van der Waals surface area contributed by atoms with E-state index >= 15 is 0 Å². The standard InChI is InChI=1S/C9H15NS/c1-8-5-6-9(11-8)4-2-3-7-10/h5-6H,2-4,7,10H2,1H3. The molecule has 1 aromatic rings. The van der Waals surface area contributed by atoms with Gasteiger partial charge in [0, 0.05) is 9.75 Å². The highest BCUT2D eigenvalue weighted by atomic mass is 32.1. The van der Waals surface area contributed by atoms with E-state index < -0.39 is 0 Å². The monoisotopic (exact) mass is 169 g/mol. The first kappa shape index (κ1) is 8.75. The predicted molar refractivity (Wildman–Crippen MR) is 51.0 cm³/mol. The maximum absolute atomic E-state index is 5.40. The van der Waals surface area contributed by atoms with Crippen molar-refractivity contribution in [1.82, 2.24) is 0 Å². The Morgan fingerprint density at radius 1 is 1.36 bits per heavy atom. The molecule has 0 atom stereocenters. The molecule has 11 heavy (non-hydrogen) atoms. The molecular formula is C9H15NS. The lowest BCUT2D eigenvalue weighted by molar-refractivity contribution is 0.751. The third kappa shape index (κ3) is 3.04. The molecule has 62 valence electrons. The summed E-state index contributed by atoms with van der Waals surface area (Å²) in [4.78, 5) is 2.91. The van der Waals surface area contributed by atoms with Crippen molar-refractivity contribution >= 4 is 11.3 Å². The average Bonchev–Trinajstić information content (AvgIpc) is 2.37. The molecule has 0 amide bonds. The highest BCUT2D eigenvalue weighted by Crippen LogP contribution is 2.16. The molecule has 0 spiro atoms. The number of hydrogen-bond acceptors (Lipinski definition) is 2. The fourth-order valence-corrected chi connectivity index (χ4v) is 2.00. The molecule has 1 heterocycles. The van der Waals surface area contributed by atoms with Gasteiger partial charge in [0.15, 0.2) is 0 Å². The summed E-state index contributed by atoms with van der Waals surface area (Å²) in [5.74, 6) is 0. The second-order valence-corrected chi connectivity index (χ2v) is 4.13. The van der Waals surface area contributed by atoms with Gasteiger partial charge in [-0.3, -0.25) is 0 Å². The van der Waals surface area contributed by atoms with Crippen molar-refractivity contribution < 1.29 is 0 Å². The van der Waals surface area contributed by atoms with Crippen LogP contribution in [0, 0.1) is 6.92 Å². The van der Waals surface area contributed by atoms with E-state index in [1.54, 1.807) is 0 Å². The van der Waals surface area contributed by atoms with E-state index in [1.165, 1.54) is 22.6 Å². The SMILES string of the molecule is Cc1ccc(CCCCN)s1. The van der Waals surface area contributed by atoms with Gasteiger partial charge >= 0.3 is 0 Å². The van der Waals surface area contributed by atoms with Crippen LogP contribution in [-0.2, 0) is 6.42 Å². The van der Waals surface area contributed by atoms with E-state index in [0.717, 1.165) is 13.0 Å².